The quantitative estimate of drug-likeness (QED) is 0.838. The molecule has 17 heavy (non-hydrogen) atoms. The predicted molar refractivity (Wildman–Crippen MR) is 75.9 cm³/mol. The van der Waals surface area contributed by atoms with Gasteiger partial charge in [0.05, 0.1) is 6.61 Å². The maximum Gasteiger partial charge on any atom is 0.119 e. The monoisotopic (exact) mass is 257 g/mol. The second-order valence-corrected chi connectivity index (χ2v) is 4.58. The lowest BCUT2D eigenvalue weighted by Gasteiger charge is -2.14. The topological polar surface area (TPSA) is 35.2 Å². The minimum Gasteiger partial charge on any atom is -0.494 e. The molecule has 0 fully saturated rings. The lowest BCUT2D eigenvalue weighted by molar-refractivity contribution is 0.339. The third-order valence-corrected chi connectivity index (χ3v) is 2.65. The maximum atomic E-state index is 6.15. The average molecular weight is 258 g/mol. The first-order valence-electron chi connectivity index (χ1n) is 6.11. The Balaban J connectivity index is 0.00000256. The normalized spacial score (nSPS) is 12.1. The van der Waals surface area contributed by atoms with Crippen LogP contribution in [0.1, 0.15) is 45.2 Å². The van der Waals surface area contributed by atoms with Crippen LogP contribution in [0.15, 0.2) is 24.3 Å². The van der Waals surface area contributed by atoms with Crippen molar-refractivity contribution in [2.75, 3.05) is 6.61 Å². The van der Waals surface area contributed by atoms with E-state index in [9.17, 15) is 0 Å². The van der Waals surface area contributed by atoms with Crippen LogP contribution in [-0.2, 0) is 0 Å². The molecule has 0 aliphatic carbocycles. The van der Waals surface area contributed by atoms with Crippen LogP contribution in [0.25, 0.3) is 0 Å². The van der Waals surface area contributed by atoms with Crippen LogP contribution in [0.3, 0.4) is 0 Å². The molecule has 1 aromatic carbocycles. The van der Waals surface area contributed by atoms with E-state index in [-0.39, 0.29) is 18.4 Å². The van der Waals surface area contributed by atoms with Crippen molar-refractivity contribution in [1.29, 1.82) is 0 Å². The summed E-state index contributed by atoms with van der Waals surface area (Å²) in [4.78, 5) is 0. The van der Waals surface area contributed by atoms with Gasteiger partial charge in [-0.2, -0.15) is 0 Å². The third kappa shape index (κ3) is 5.94. The molecule has 0 unspecified atom stereocenters. The highest BCUT2D eigenvalue weighted by atomic mass is 35.5. The number of hydrogen-bond acceptors (Lipinski definition) is 2. The zero-order valence-electron chi connectivity index (χ0n) is 11.0. The van der Waals surface area contributed by atoms with Crippen LogP contribution in [0, 0.1) is 5.92 Å². The second kappa shape index (κ2) is 8.37. The van der Waals surface area contributed by atoms with Crippen molar-refractivity contribution >= 4 is 12.4 Å². The number of rotatable bonds is 6. The van der Waals surface area contributed by atoms with Gasteiger partial charge in [-0.3, -0.25) is 0 Å². The number of nitrogens with two attached hydrogens (primary N) is 1. The molecule has 0 aromatic heterocycles. The van der Waals surface area contributed by atoms with Crippen LogP contribution < -0.4 is 10.5 Å². The fourth-order valence-electron chi connectivity index (χ4n) is 1.68. The fraction of sp³-hybridized carbons (Fsp3) is 0.571. The first-order valence-corrected chi connectivity index (χ1v) is 6.11. The van der Waals surface area contributed by atoms with Crippen LogP contribution in [0.5, 0.6) is 5.75 Å². The molecule has 0 aliphatic heterocycles. The van der Waals surface area contributed by atoms with Gasteiger partial charge < -0.3 is 10.5 Å². The second-order valence-electron chi connectivity index (χ2n) is 4.58. The van der Waals surface area contributed by atoms with Crippen LogP contribution in [-0.4, -0.2) is 6.61 Å². The first kappa shape index (κ1) is 16.3. The minimum atomic E-state index is 0. The van der Waals surface area contributed by atoms with Gasteiger partial charge in [0.2, 0.25) is 0 Å². The molecule has 0 aliphatic rings. The summed E-state index contributed by atoms with van der Waals surface area (Å²) < 4.78 is 5.47. The molecule has 0 spiro atoms. The summed E-state index contributed by atoms with van der Waals surface area (Å²) in [7, 11) is 0. The molecular weight excluding hydrogens is 234 g/mol. The van der Waals surface area contributed by atoms with Gasteiger partial charge in [0.25, 0.3) is 0 Å². The van der Waals surface area contributed by atoms with Crippen molar-refractivity contribution in [2.24, 2.45) is 11.7 Å². The molecule has 0 saturated heterocycles. The van der Waals surface area contributed by atoms with E-state index in [0.29, 0.717) is 12.5 Å². The summed E-state index contributed by atoms with van der Waals surface area (Å²) in [5.74, 6) is 1.63. The predicted octanol–water partition coefficient (Wildman–Crippen LogP) is 3.94. The third-order valence-electron chi connectivity index (χ3n) is 2.65. The molecule has 0 heterocycles. The molecule has 1 aromatic rings. The van der Waals surface area contributed by atoms with Crippen molar-refractivity contribution in [3.63, 3.8) is 0 Å². The van der Waals surface area contributed by atoms with Gasteiger partial charge in [-0.1, -0.05) is 26.0 Å². The zero-order chi connectivity index (χ0) is 12.0. The number of halogens is 1. The summed E-state index contributed by atoms with van der Waals surface area (Å²) >= 11 is 0. The molecule has 98 valence electrons. The highest BCUT2D eigenvalue weighted by Crippen LogP contribution is 2.22. The first-order chi connectivity index (χ1) is 7.63. The highest BCUT2D eigenvalue weighted by molar-refractivity contribution is 5.85. The molecule has 2 nitrogen and oxygen atoms in total. The van der Waals surface area contributed by atoms with Crippen molar-refractivity contribution < 1.29 is 4.74 Å². The van der Waals surface area contributed by atoms with E-state index < -0.39 is 0 Å². The number of benzene rings is 1. The fourth-order valence-corrected chi connectivity index (χ4v) is 1.68. The molecular formula is C14H24ClNO. The molecule has 1 atom stereocenters. The van der Waals surface area contributed by atoms with Gasteiger partial charge in [0.1, 0.15) is 5.75 Å². The Labute approximate surface area is 111 Å². The summed E-state index contributed by atoms with van der Waals surface area (Å²) in [5, 5.41) is 0. The Hall–Kier alpha value is -0.730. The van der Waals surface area contributed by atoms with E-state index in [1.54, 1.807) is 0 Å². The van der Waals surface area contributed by atoms with Crippen molar-refractivity contribution in [2.45, 2.75) is 39.7 Å². The van der Waals surface area contributed by atoms with Gasteiger partial charge in [0, 0.05) is 6.04 Å². The van der Waals surface area contributed by atoms with E-state index in [1.807, 2.05) is 19.1 Å². The van der Waals surface area contributed by atoms with Crippen molar-refractivity contribution in [3.05, 3.63) is 29.8 Å². The van der Waals surface area contributed by atoms with Gasteiger partial charge in [-0.05, 0) is 43.4 Å². The maximum absolute atomic E-state index is 6.15. The van der Waals surface area contributed by atoms with E-state index in [1.165, 1.54) is 12.0 Å². The summed E-state index contributed by atoms with van der Waals surface area (Å²) in [6, 6.07) is 8.24. The molecule has 0 saturated carbocycles. The largest absolute Gasteiger partial charge is 0.494 e. The van der Waals surface area contributed by atoms with Gasteiger partial charge in [0.15, 0.2) is 0 Å². The number of ether oxygens (including phenoxy) is 1. The lowest BCUT2D eigenvalue weighted by atomic mass is 9.98. The molecule has 0 amide bonds. The average Bonchev–Trinajstić information content (AvgIpc) is 2.26. The van der Waals surface area contributed by atoms with Crippen molar-refractivity contribution in [3.8, 4) is 5.75 Å². The minimum absolute atomic E-state index is 0. The van der Waals surface area contributed by atoms with Crippen molar-refractivity contribution in [1.82, 2.24) is 0 Å². The van der Waals surface area contributed by atoms with Crippen LogP contribution >= 0.6 is 12.4 Å². The molecule has 0 radical (unpaired) electrons. The summed E-state index contributed by atoms with van der Waals surface area (Å²) in [6.45, 7) is 7.14. The molecule has 0 bridgehead atoms. The highest BCUT2D eigenvalue weighted by Gasteiger charge is 2.07. The summed E-state index contributed by atoms with van der Waals surface area (Å²) in [5.41, 5.74) is 7.33. The Morgan fingerprint density at radius 3 is 2.53 bits per heavy atom. The molecule has 1 rings (SSSR count). The molecule has 3 heteroatoms. The standard InChI is InChI=1S/C14H23NO.ClH/c1-4-16-13-7-5-6-12(10-13)14(15)9-8-11(2)3;/h5-7,10-11,14H,4,8-9,15H2,1-3H3;1H/t14-;/m0./s1. The van der Waals surface area contributed by atoms with Crippen LogP contribution in [0.2, 0.25) is 0 Å². The lowest BCUT2D eigenvalue weighted by Crippen LogP contribution is -2.11. The van der Waals surface area contributed by atoms with Gasteiger partial charge in [-0.15, -0.1) is 12.4 Å². The van der Waals surface area contributed by atoms with E-state index in [2.05, 4.69) is 26.0 Å². The summed E-state index contributed by atoms with van der Waals surface area (Å²) in [6.07, 6.45) is 2.20. The van der Waals surface area contributed by atoms with Gasteiger partial charge >= 0.3 is 0 Å². The van der Waals surface area contributed by atoms with E-state index in [4.69, 9.17) is 10.5 Å². The number of hydrogen-bond donors (Lipinski definition) is 1. The van der Waals surface area contributed by atoms with Crippen LogP contribution in [0.4, 0.5) is 0 Å². The van der Waals surface area contributed by atoms with E-state index >= 15 is 0 Å². The Bertz CT molecular complexity index is 315. The smallest absolute Gasteiger partial charge is 0.119 e. The SMILES string of the molecule is CCOc1cccc([C@@H](N)CCC(C)C)c1.Cl. The molecule has 2 N–H and O–H groups in total. The van der Waals surface area contributed by atoms with E-state index in [0.717, 1.165) is 12.2 Å². The Morgan fingerprint density at radius 2 is 1.94 bits per heavy atom. The van der Waals surface area contributed by atoms with Gasteiger partial charge in [-0.25, -0.2) is 0 Å². The Morgan fingerprint density at radius 1 is 1.24 bits per heavy atom. The Kier molecular flexibility index (Phi) is 8.01. The zero-order valence-corrected chi connectivity index (χ0v) is 11.8.